The van der Waals surface area contributed by atoms with Gasteiger partial charge in [0.1, 0.15) is 0 Å². The first-order valence-electron chi connectivity index (χ1n) is 12.9. The third-order valence-electron chi connectivity index (χ3n) is 6.22. The average molecular weight is 481 g/mol. The first-order chi connectivity index (χ1) is 17.5. The summed E-state index contributed by atoms with van der Waals surface area (Å²) in [7, 11) is 0. The number of hydrogen-bond donors (Lipinski definition) is 4. The Morgan fingerprint density at radius 1 is 0.333 bits per heavy atom. The van der Waals surface area contributed by atoms with Gasteiger partial charge in [0.2, 0.25) is 0 Å². The van der Waals surface area contributed by atoms with E-state index in [1.54, 1.807) is 0 Å². The van der Waals surface area contributed by atoms with Crippen molar-refractivity contribution in [3.8, 4) is 0 Å². The van der Waals surface area contributed by atoms with Crippen LogP contribution in [0.3, 0.4) is 0 Å². The molecule has 0 amide bonds. The molecule has 0 fully saturated rings. The summed E-state index contributed by atoms with van der Waals surface area (Å²) in [5, 5.41) is 0. The number of nitrogen functional groups attached to an aromatic ring is 4. The lowest BCUT2D eigenvalue weighted by molar-refractivity contribution is 0.734. The number of nitrogens with two attached hydrogens (primary N) is 4. The summed E-state index contributed by atoms with van der Waals surface area (Å²) in [6.07, 6.45) is 9.18. The standard InChI is InChI=1S/2C16H20N2/c17-15-9-3-7-13(11-15)5-1-2-6-14-8-4-10-16(18)12-14;17-15-9-5-13(6-10-15)3-1-2-4-14-7-11-16(18)12-8-14/h3-4,7-12H,1-2,5-6,17-18H2;5-12H,1-4,17-18H2. The molecule has 0 aliphatic rings. The van der Waals surface area contributed by atoms with E-state index in [4.69, 9.17) is 22.9 Å². The maximum absolute atomic E-state index is 5.76. The zero-order chi connectivity index (χ0) is 25.6. The third-order valence-corrected chi connectivity index (χ3v) is 6.22. The van der Waals surface area contributed by atoms with Crippen LogP contribution in [0.4, 0.5) is 22.7 Å². The van der Waals surface area contributed by atoms with Crippen molar-refractivity contribution in [3.63, 3.8) is 0 Å². The van der Waals surface area contributed by atoms with Gasteiger partial charge in [-0.1, -0.05) is 48.5 Å². The van der Waals surface area contributed by atoms with Gasteiger partial charge in [-0.25, -0.2) is 0 Å². The summed E-state index contributed by atoms with van der Waals surface area (Å²) in [6, 6.07) is 32.6. The zero-order valence-corrected chi connectivity index (χ0v) is 21.2. The van der Waals surface area contributed by atoms with Gasteiger partial charge in [-0.15, -0.1) is 0 Å². The molecule has 0 radical (unpaired) electrons. The summed E-state index contributed by atoms with van der Waals surface area (Å²) in [4.78, 5) is 0. The van der Waals surface area contributed by atoms with E-state index < -0.39 is 0 Å². The summed E-state index contributed by atoms with van der Waals surface area (Å²) < 4.78 is 0. The van der Waals surface area contributed by atoms with Crippen LogP contribution in [0.25, 0.3) is 0 Å². The Morgan fingerprint density at radius 2 is 0.667 bits per heavy atom. The molecule has 0 heterocycles. The van der Waals surface area contributed by atoms with Crippen LogP contribution in [-0.4, -0.2) is 0 Å². The molecule has 8 N–H and O–H groups in total. The summed E-state index contributed by atoms with van der Waals surface area (Å²) >= 11 is 0. The Labute approximate surface area is 216 Å². The highest BCUT2D eigenvalue weighted by Crippen LogP contribution is 2.14. The normalized spacial score (nSPS) is 10.4. The van der Waals surface area contributed by atoms with Crippen LogP contribution in [0.2, 0.25) is 0 Å². The van der Waals surface area contributed by atoms with Gasteiger partial charge in [-0.05, 0) is 122 Å². The minimum Gasteiger partial charge on any atom is -0.399 e. The number of hydrogen-bond acceptors (Lipinski definition) is 4. The van der Waals surface area contributed by atoms with E-state index in [1.165, 1.54) is 47.9 Å². The van der Waals surface area contributed by atoms with Gasteiger partial charge in [0.15, 0.2) is 0 Å². The van der Waals surface area contributed by atoms with Crippen LogP contribution in [-0.2, 0) is 25.7 Å². The Hall–Kier alpha value is -3.92. The second kappa shape index (κ2) is 14.5. The van der Waals surface area contributed by atoms with Gasteiger partial charge in [-0.2, -0.15) is 0 Å². The fourth-order valence-electron chi connectivity index (χ4n) is 4.18. The molecule has 0 atom stereocenters. The second-order valence-electron chi connectivity index (χ2n) is 9.39. The number of benzene rings is 4. The number of unbranched alkanes of at least 4 members (excludes halogenated alkanes) is 2. The maximum Gasteiger partial charge on any atom is 0.0316 e. The number of anilines is 4. The minimum atomic E-state index is 0.834. The SMILES string of the molecule is Nc1ccc(CCCCc2ccc(N)cc2)cc1.Nc1cccc(CCCCc2cccc(N)c2)c1. The van der Waals surface area contributed by atoms with Crippen molar-refractivity contribution in [3.05, 3.63) is 119 Å². The average Bonchev–Trinajstić information content (AvgIpc) is 2.87. The molecule has 4 heteroatoms. The van der Waals surface area contributed by atoms with E-state index >= 15 is 0 Å². The smallest absolute Gasteiger partial charge is 0.0316 e. The molecule has 0 spiro atoms. The lowest BCUT2D eigenvalue weighted by atomic mass is 10.0. The molecule has 0 aliphatic heterocycles. The second-order valence-corrected chi connectivity index (χ2v) is 9.39. The van der Waals surface area contributed by atoms with Crippen LogP contribution in [0, 0.1) is 0 Å². The van der Waals surface area contributed by atoms with E-state index in [2.05, 4.69) is 48.5 Å². The molecule has 4 aromatic carbocycles. The fourth-order valence-corrected chi connectivity index (χ4v) is 4.18. The number of aryl methyl sites for hydroxylation is 4. The number of rotatable bonds is 10. The molecule has 0 saturated heterocycles. The lowest BCUT2D eigenvalue weighted by Gasteiger charge is -2.04. The lowest BCUT2D eigenvalue weighted by Crippen LogP contribution is -1.92. The third kappa shape index (κ3) is 10.1. The molecule has 36 heavy (non-hydrogen) atoms. The molecule has 0 saturated carbocycles. The van der Waals surface area contributed by atoms with E-state index in [9.17, 15) is 0 Å². The molecular weight excluding hydrogens is 440 g/mol. The molecule has 188 valence electrons. The Bertz CT molecular complexity index is 1070. The van der Waals surface area contributed by atoms with Gasteiger partial charge in [0, 0.05) is 22.7 Å². The Morgan fingerprint density at radius 3 is 1.00 bits per heavy atom. The van der Waals surface area contributed by atoms with Gasteiger partial charge in [0.05, 0.1) is 0 Å². The van der Waals surface area contributed by atoms with Crippen LogP contribution in [0.5, 0.6) is 0 Å². The van der Waals surface area contributed by atoms with Crippen LogP contribution >= 0.6 is 0 Å². The molecular formula is C32H40N4. The molecule has 0 aromatic heterocycles. The summed E-state index contributed by atoms with van der Waals surface area (Å²) in [6.45, 7) is 0. The monoisotopic (exact) mass is 480 g/mol. The molecule has 0 aliphatic carbocycles. The highest BCUT2D eigenvalue weighted by molar-refractivity contribution is 5.42. The molecule has 4 nitrogen and oxygen atoms in total. The first kappa shape index (κ1) is 26.7. The van der Waals surface area contributed by atoms with E-state index in [0.29, 0.717) is 0 Å². The zero-order valence-electron chi connectivity index (χ0n) is 21.2. The van der Waals surface area contributed by atoms with Gasteiger partial charge in [-0.3, -0.25) is 0 Å². The van der Waals surface area contributed by atoms with Crippen molar-refractivity contribution in [1.29, 1.82) is 0 Å². The molecule has 0 bridgehead atoms. The van der Waals surface area contributed by atoms with Crippen LogP contribution in [0.1, 0.15) is 47.9 Å². The molecule has 0 unspecified atom stereocenters. The van der Waals surface area contributed by atoms with E-state index in [0.717, 1.165) is 48.4 Å². The quantitative estimate of drug-likeness (QED) is 0.147. The van der Waals surface area contributed by atoms with Gasteiger partial charge >= 0.3 is 0 Å². The van der Waals surface area contributed by atoms with E-state index in [-0.39, 0.29) is 0 Å². The molecule has 4 aromatic rings. The van der Waals surface area contributed by atoms with Gasteiger partial charge in [0.25, 0.3) is 0 Å². The van der Waals surface area contributed by atoms with E-state index in [1.807, 2.05) is 48.5 Å². The van der Waals surface area contributed by atoms with Crippen LogP contribution in [0.15, 0.2) is 97.1 Å². The predicted molar refractivity (Wildman–Crippen MR) is 157 cm³/mol. The first-order valence-corrected chi connectivity index (χ1v) is 12.9. The van der Waals surface area contributed by atoms with Crippen molar-refractivity contribution < 1.29 is 0 Å². The van der Waals surface area contributed by atoms with Gasteiger partial charge < -0.3 is 22.9 Å². The van der Waals surface area contributed by atoms with Crippen molar-refractivity contribution in [2.45, 2.75) is 51.4 Å². The fraction of sp³-hybridized carbons (Fsp3) is 0.250. The Kier molecular flexibility index (Phi) is 10.7. The Balaban J connectivity index is 0.000000201. The minimum absolute atomic E-state index is 0.834. The summed E-state index contributed by atoms with van der Waals surface area (Å²) in [5.74, 6) is 0. The predicted octanol–water partition coefficient (Wildman–Crippen LogP) is 6.83. The van der Waals surface area contributed by atoms with Crippen molar-refractivity contribution in [2.24, 2.45) is 0 Å². The highest BCUT2D eigenvalue weighted by atomic mass is 14.5. The van der Waals surface area contributed by atoms with Crippen LogP contribution < -0.4 is 22.9 Å². The van der Waals surface area contributed by atoms with Crippen molar-refractivity contribution >= 4 is 22.7 Å². The summed E-state index contributed by atoms with van der Waals surface area (Å²) in [5.41, 5.74) is 31.6. The maximum atomic E-state index is 5.76. The van der Waals surface area contributed by atoms with Crippen molar-refractivity contribution in [1.82, 2.24) is 0 Å². The topological polar surface area (TPSA) is 104 Å². The highest BCUT2D eigenvalue weighted by Gasteiger charge is 1.98. The largest absolute Gasteiger partial charge is 0.399 e. The van der Waals surface area contributed by atoms with Crippen molar-refractivity contribution in [2.75, 3.05) is 22.9 Å². The molecule has 4 rings (SSSR count).